The van der Waals surface area contributed by atoms with Crippen LogP contribution in [0.15, 0.2) is 36.5 Å². The molecule has 2 N–H and O–H groups in total. The highest BCUT2D eigenvalue weighted by Gasteiger charge is 2.35. The van der Waals surface area contributed by atoms with Crippen LogP contribution in [-0.4, -0.2) is 16.6 Å². The fourth-order valence-corrected chi connectivity index (χ4v) is 4.05. The Morgan fingerprint density at radius 3 is 2.40 bits per heavy atom. The summed E-state index contributed by atoms with van der Waals surface area (Å²) in [4.78, 5) is 4.17. The fourth-order valence-electron chi connectivity index (χ4n) is 3.33. The minimum Gasteiger partial charge on any atom is -0.362 e. The van der Waals surface area contributed by atoms with E-state index >= 15 is 0 Å². The summed E-state index contributed by atoms with van der Waals surface area (Å²) in [5, 5.41) is 8.54. The molecule has 1 aromatic heterocycles. The minimum absolute atomic E-state index is 0.0769. The Hall–Kier alpha value is -1.07. The molecule has 1 heterocycles. The average molecular weight is 415 g/mol. The second-order valence-corrected chi connectivity index (χ2v) is 7.97. The summed E-state index contributed by atoms with van der Waals surface area (Å²) in [5.74, 6) is 0.496. The Kier molecular flexibility index (Phi) is 6.05. The van der Waals surface area contributed by atoms with Crippen molar-refractivity contribution in [1.82, 2.24) is 10.3 Å². The summed E-state index contributed by atoms with van der Waals surface area (Å²) in [7, 11) is 0. The summed E-state index contributed by atoms with van der Waals surface area (Å²) in [5.41, 5.74) is 1.38. The molecule has 3 rings (SSSR count). The van der Waals surface area contributed by atoms with Crippen LogP contribution < -0.4 is 10.6 Å². The van der Waals surface area contributed by atoms with Gasteiger partial charge in [-0.3, -0.25) is 0 Å². The number of hydrogen-bond donors (Lipinski definition) is 2. The molecular weight excluding hydrogens is 397 g/mol. The van der Waals surface area contributed by atoms with Crippen LogP contribution in [0, 0.1) is 0 Å². The maximum atomic E-state index is 6.13. The van der Waals surface area contributed by atoms with E-state index in [1.54, 1.807) is 6.07 Å². The molecule has 0 amide bonds. The first-order valence-corrected chi connectivity index (χ1v) is 9.65. The van der Waals surface area contributed by atoms with Gasteiger partial charge >= 0.3 is 0 Å². The van der Waals surface area contributed by atoms with Crippen LogP contribution in [0.25, 0.3) is 0 Å². The van der Waals surface area contributed by atoms with E-state index in [1.165, 1.54) is 24.6 Å². The Labute approximate surface area is 168 Å². The molecule has 2 aromatic rings. The SMILES string of the molecule is S=C(NCC1(c2ccc(Cl)cc2)CCCC1)Nc1ncc(Cl)cc1Cl. The van der Waals surface area contributed by atoms with Crippen molar-refractivity contribution in [3.8, 4) is 0 Å². The van der Waals surface area contributed by atoms with Gasteiger partial charge in [-0.25, -0.2) is 4.98 Å². The molecule has 0 spiro atoms. The number of halogens is 3. The van der Waals surface area contributed by atoms with Crippen molar-refractivity contribution >= 4 is 58.0 Å². The van der Waals surface area contributed by atoms with Gasteiger partial charge in [0.2, 0.25) is 0 Å². The largest absolute Gasteiger partial charge is 0.362 e. The highest BCUT2D eigenvalue weighted by Crippen LogP contribution is 2.41. The minimum atomic E-state index is 0.0769. The Morgan fingerprint density at radius 2 is 1.76 bits per heavy atom. The van der Waals surface area contributed by atoms with Gasteiger partial charge in [-0.15, -0.1) is 0 Å². The first-order chi connectivity index (χ1) is 12.0. The van der Waals surface area contributed by atoms with Gasteiger partial charge in [0, 0.05) is 23.2 Å². The molecule has 7 heteroatoms. The van der Waals surface area contributed by atoms with E-state index in [9.17, 15) is 0 Å². The van der Waals surface area contributed by atoms with Gasteiger partial charge in [0.25, 0.3) is 0 Å². The predicted octanol–water partition coefficient (Wildman–Crippen LogP) is 5.84. The van der Waals surface area contributed by atoms with E-state index in [0.717, 1.165) is 24.4 Å². The van der Waals surface area contributed by atoms with Crippen molar-refractivity contribution in [2.75, 3.05) is 11.9 Å². The fraction of sp³-hybridized carbons (Fsp3) is 0.333. The van der Waals surface area contributed by atoms with Gasteiger partial charge < -0.3 is 10.6 Å². The zero-order chi connectivity index (χ0) is 17.9. The van der Waals surface area contributed by atoms with Crippen LogP contribution in [-0.2, 0) is 5.41 Å². The van der Waals surface area contributed by atoms with Crippen LogP contribution in [0.4, 0.5) is 5.82 Å². The highest BCUT2D eigenvalue weighted by atomic mass is 35.5. The monoisotopic (exact) mass is 413 g/mol. The summed E-state index contributed by atoms with van der Waals surface area (Å²) in [6.45, 7) is 0.756. The number of anilines is 1. The van der Waals surface area contributed by atoms with Crippen LogP contribution >= 0.6 is 47.0 Å². The maximum absolute atomic E-state index is 6.13. The van der Waals surface area contributed by atoms with E-state index in [-0.39, 0.29) is 5.41 Å². The number of hydrogen-bond acceptors (Lipinski definition) is 2. The van der Waals surface area contributed by atoms with E-state index in [2.05, 4.69) is 27.8 Å². The molecule has 132 valence electrons. The molecule has 0 saturated heterocycles. The standard InChI is InChI=1S/C18H18Cl3N3S/c19-13-5-3-12(4-6-13)18(7-1-2-8-18)11-23-17(25)24-16-15(21)9-14(20)10-22-16/h3-6,9-10H,1-2,7-8,11H2,(H2,22,23,24,25). The van der Waals surface area contributed by atoms with Gasteiger partial charge in [0.1, 0.15) is 0 Å². The number of aromatic nitrogens is 1. The number of rotatable bonds is 4. The lowest BCUT2D eigenvalue weighted by molar-refractivity contribution is 0.435. The lowest BCUT2D eigenvalue weighted by Gasteiger charge is -2.30. The third kappa shape index (κ3) is 4.56. The molecule has 1 aromatic carbocycles. The molecule has 3 nitrogen and oxygen atoms in total. The van der Waals surface area contributed by atoms with Gasteiger partial charge in [-0.1, -0.05) is 59.8 Å². The van der Waals surface area contributed by atoms with Crippen molar-refractivity contribution in [3.05, 3.63) is 57.2 Å². The van der Waals surface area contributed by atoms with E-state index < -0.39 is 0 Å². The Morgan fingerprint density at radius 1 is 1.08 bits per heavy atom. The van der Waals surface area contributed by atoms with Crippen molar-refractivity contribution in [1.29, 1.82) is 0 Å². The molecule has 1 saturated carbocycles. The Bertz CT molecular complexity index is 759. The molecule has 0 radical (unpaired) electrons. The van der Waals surface area contributed by atoms with Crippen molar-refractivity contribution in [2.45, 2.75) is 31.1 Å². The zero-order valence-electron chi connectivity index (χ0n) is 13.5. The molecule has 1 aliphatic rings. The molecule has 1 aliphatic carbocycles. The van der Waals surface area contributed by atoms with Crippen LogP contribution in [0.5, 0.6) is 0 Å². The second-order valence-electron chi connectivity index (χ2n) is 6.29. The van der Waals surface area contributed by atoms with E-state index in [0.29, 0.717) is 21.0 Å². The first kappa shape index (κ1) is 18.7. The summed E-state index contributed by atoms with van der Waals surface area (Å²) < 4.78 is 0. The average Bonchev–Trinajstić information content (AvgIpc) is 3.06. The predicted molar refractivity (Wildman–Crippen MR) is 110 cm³/mol. The number of benzene rings is 1. The number of thiocarbonyl (C=S) groups is 1. The summed E-state index contributed by atoms with van der Waals surface area (Å²) in [6.07, 6.45) is 6.23. The van der Waals surface area contributed by atoms with Crippen LogP contribution in [0.3, 0.4) is 0 Å². The van der Waals surface area contributed by atoms with E-state index in [4.69, 9.17) is 47.0 Å². The van der Waals surface area contributed by atoms with Gasteiger partial charge in [0.05, 0.1) is 10.0 Å². The van der Waals surface area contributed by atoms with Crippen LogP contribution in [0.1, 0.15) is 31.2 Å². The number of nitrogens with one attached hydrogen (secondary N) is 2. The molecule has 0 bridgehead atoms. The van der Waals surface area contributed by atoms with E-state index in [1.807, 2.05) is 12.1 Å². The Balaban J connectivity index is 1.67. The third-order valence-electron chi connectivity index (χ3n) is 4.64. The molecule has 0 aliphatic heterocycles. The summed E-state index contributed by atoms with van der Waals surface area (Å²) in [6, 6.07) is 9.76. The lowest BCUT2D eigenvalue weighted by Crippen LogP contribution is -2.40. The smallest absolute Gasteiger partial charge is 0.172 e. The molecule has 1 fully saturated rings. The topological polar surface area (TPSA) is 37.0 Å². The van der Waals surface area contributed by atoms with Gasteiger partial charge in [-0.2, -0.15) is 0 Å². The molecule has 0 atom stereocenters. The lowest BCUT2D eigenvalue weighted by atomic mass is 9.79. The molecule has 0 unspecified atom stereocenters. The zero-order valence-corrected chi connectivity index (χ0v) is 16.6. The first-order valence-electron chi connectivity index (χ1n) is 8.10. The summed E-state index contributed by atoms with van der Waals surface area (Å²) >= 11 is 23.4. The van der Waals surface area contributed by atoms with Crippen LogP contribution in [0.2, 0.25) is 15.1 Å². The number of pyridine rings is 1. The van der Waals surface area contributed by atoms with Crippen molar-refractivity contribution < 1.29 is 0 Å². The second kappa shape index (κ2) is 8.09. The quantitative estimate of drug-likeness (QED) is 0.616. The number of nitrogens with zero attached hydrogens (tertiary/aromatic N) is 1. The third-order valence-corrected chi connectivity index (χ3v) is 5.64. The van der Waals surface area contributed by atoms with Gasteiger partial charge in [-0.05, 0) is 48.8 Å². The van der Waals surface area contributed by atoms with Crippen molar-refractivity contribution in [3.63, 3.8) is 0 Å². The highest BCUT2D eigenvalue weighted by molar-refractivity contribution is 7.80. The van der Waals surface area contributed by atoms with Crippen molar-refractivity contribution in [2.24, 2.45) is 0 Å². The molecular formula is C18H18Cl3N3S. The van der Waals surface area contributed by atoms with Gasteiger partial charge in [0.15, 0.2) is 10.9 Å². The molecule has 25 heavy (non-hydrogen) atoms. The maximum Gasteiger partial charge on any atom is 0.172 e. The normalized spacial score (nSPS) is 15.8.